The van der Waals surface area contributed by atoms with Crippen LogP contribution in [0.15, 0.2) is 43.0 Å². The average molecular weight is 350 g/mol. The number of halogens is 1. The number of aromatic nitrogens is 5. The highest BCUT2D eigenvalue weighted by Gasteiger charge is 2.15. The summed E-state index contributed by atoms with van der Waals surface area (Å²) in [6.45, 7) is 1.81. The number of ether oxygens (including phenoxy) is 1. The van der Waals surface area contributed by atoms with Crippen molar-refractivity contribution in [3.05, 3.63) is 54.5 Å². The minimum atomic E-state index is -0.528. The third kappa shape index (κ3) is 2.71. The van der Waals surface area contributed by atoms with E-state index >= 15 is 0 Å². The number of nitrogens with two attached hydrogens (primary N) is 1. The van der Waals surface area contributed by atoms with Crippen molar-refractivity contribution in [1.82, 2.24) is 24.5 Å². The number of anilines is 1. The third-order valence-electron chi connectivity index (χ3n) is 4.00. The minimum Gasteiger partial charge on any atom is -0.421 e. The fourth-order valence-electron chi connectivity index (χ4n) is 2.78. The van der Waals surface area contributed by atoms with E-state index in [0.717, 1.165) is 11.3 Å². The van der Waals surface area contributed by atoms with E-state index in [2.05, 4.69) is 19.9 Å². The molecule has 2 N–H and O–H groups in total. The first-order valence-electron chi connectivity index (χ1n) is 7.86. The predicted octanol–water partition coefficient (Wildman–Crippen LogP) is 3.25. The van der Waals surface area contributed by atoms with E-state index in [4.69, 9.17) is 10.5 Å². The van der Waals surface area contributed by atoms with E-state index in [-0.39, 0.29) is 11.8 Å². The normalized spacial score (nSPS) is 11.0. The molecule has 0 saturated carbocycles. The molecule has 0 amide bonds. The van der Waals surface area contributed by atoms with Gasteiger partial charge in [0.15, 0.2) is 11.6 Å². The molecule has 26 heavy (non-hydrogen) atoms. The third-order valence-corrected chi connectivity index (χ3v) is 4.00. The van der Waals surface area contributed by atoms with Crippen molar-refractivity contribution in [2.24, 2.45) is 7.05 Å². The maximum Gasteiger partial charge on any atom is 0.322 e. The van der Waals surface area contributed by atoms with Crippen molar-refractivity contribution in [3.63, 3.8) is 0 Å². The van der Waals surface area contributed by atoms with Crippen molar-refractivity contribution in [3.8, 4) is 22.9 Å². The quantitative estimate of drug-likeness (QED) is 0.610. The zero-order chi connectivity index (χ0) is 18.3. The molecule has 0 aliphatic heterocycles. The van der Waals surface area contributed by atoms with Crippen LogP contribution in [0.3, 0.4) is 0 Å². The van der Waals surface area contributed by atoms with Crippen LogP contribution in [0.5, 0.6) is 11.8 Å². The molecule has 0 fully saturated rings. The molecule has 4 aromatic rings. The largest absolute Gasteiger partial charge is 0.421 e. The lowest BCUT2D eigenvalue weighted by molar-refractivity contribution is 0.410. The highest BCUT2D eigenvalue weighted by Crippen LogP contribution is 2.34. The van der Waals surface area contributed by atoms with Crippen LogP contribution in [0.2, 0.25) is 0 Å². The SMILES string of the molecule is Cc1ccnc(Oc2ccc(-c3cn(C)c4ncnc(N)c34)cc2F)n1. The van der Waals surface area contributed by atoms with Crippen molar-refractivity contribution >= 4 is 16.9 Å². The Hall–Kier alpha value is -3.55. The molecule has 0 saturated heterocycles. The lowest BCUT2D eigenvalue weighted by Gasteiger charge is -2.07. The molecule has 0 unspecified atom stereocenters. The standard InChI is InChI=1S/C18H15FN6O/c1-10-5-6-21-18(24-10)26-14-4-3-11(7-13(14)19)12-8-25(2)17-15(12)16(20)22-9-23-17/h3-9H,1-2H3,(H2,20,22,23). The zero-order valence-electron chi connectivity index (χ0n) is 14.1. The van der Waals surface area contributed by atoms with Crippen LogP contribution in [-0.2, 0) is 7.05 Å². The van der Waals surface area contributed by atoms with Crippen molar-refractivity contribution < 1.29 is 9.13 Å². The number of nitrogens with zero attached hydrogens (tertiary/aromatic N) is 5. The van der Waals surface area contributed by atoms with Gasteiger partial charge in [0.2, 0.25) is 0 Å². The molecule has 0 aliphatic rings. The molecule has 0 atom stereocenters. The molecule has 7 nitrogen and oxygen atoms in total. The van der Waals surface area contributed by atoms with Crippen LogP contribution in [0.25, 0.3) is 22.2 Å². The summed E-state index contributed by atoms with van der Waals surface area (Å²) < 4.78 is 21.8. The molecule has 8 heteroatoms. The lowest BCUT2D eigenvalue weighted by atomic mass is 10.1. The van der Waals surface area contributed by atoms with Crippen LogP contribution in [0, 0.1) is 12.7 Å². The van der Waals surface area contributed by atoms with Crippen LogP contribution in [0.4, 0.5) is 10.2 Å². The Labute approximate surface area is 148 Å². The van der Waals surface area contributed by atoms with Crippen LogP contribution in [-0.4, -0.2) is 24.5 Å². The van der Waals surface area contributed by atoms with Gasteiger partial charge in [0.1, 0.15) is 17.8 Å². The number of benzene rings is 1. The van der Waals surface area contributed by atoms with E-state index in [9.17, 15) is 4.39 Å². The van der Waals surface area contributed by atoms with Gasteiger partial charge in [0, 0.05) is 30.7 Å². The second kappa shape index (κ2) is 6.07. The minimum absolute atomic E-state index is 0.0452. The van der Waals surface area contributed by atoms with Gasteiger partial charge in [-0.25, -0.2) is 24.3 Å². The van der Waals surface area contributed by atoms with Gasteiger partial charge in [-0.3, -0.25) is 0 Å². The van der Waals surface area contributed by atoms with Gasteiger partial charge in [-0.15, -0.1) is 0 Å². The van der Waals surface area contributed by atoms with E-state index in [0.29, 0.717) is 22.4 Å². The summed E-state index contributed by atoms with van der Waals surface area (Å²) in [6, 6.07) is 6.50. The Kier molecular flexibility index (Phi) is 3.72. The summed E-state index contributed by atoms with van der Waals surface area (Å²) in [5.41, 5.74) is 8.80. The maximum atomic E-state index is 14.6. The fourth-order valence-corrected chi connectivity index (χ4v) is 2.78. The lowest BCUT2D eigenvalue weighted by Crippen LogP contribution is -1.95. The molecule has 3 aromatic heterocycles. The molecule has 4 rings (SSSR count). The second-order valence-corrected chi connectivity index (χ2v) is 5.84. The number of hydrogen-bond acceptors (Lipinski definition) is 6. The highest BCUT2D eigenvalue weighted by molar-refractivity contribution is 6.00. The van der Waals surface area contributed by atoms with Gasteiger partial charge in [-0.05, 0) is 30.7 Å². The van der Waals surface area contributed by atoms with Gasteiger partial charge < -0.3 is 15.0 Å². The first-order chi connectivity index (χ1) is 12.5. The van der Waals surface area contributed by atoms with E-state index < -0.39 is 5.82 Å². The Morgan fingerprint density at radius 2 is 2.00 bits per heavy atom. The molecule has 0 radical (unpaired) electrons. The monoisotopic (exact) mass is 350 g/mol. The summed E-state index contributed by atoms with van der Waals surface area (Å²) in [5, 5.41) is 0.685. The first kappa shape index (κ1) is 15.9. The number of fused-ring (bicyclic) bond motifs is 1. The Morgan fingerprint density at radius 1 is 1.15 bits per heavy atom. The number of rotatable bonds is 3. The molecule has 0 aliphatic carbocycles. The van der Waals surface area contributed by atoms with Gasteiger partial charge in [0.05, 0.1) is 5.39 Å². The van der Waals surface area contributed by atoms with Crippen molar-refractivity contribution in [2.45, 2.75) is 6.92 Å². The van der Waals surface area contributed by atoms with Gasteiger partial charge in [0.25, 0.3) is 0 Å². The summed E-state index contributed by atoms with van der Waals surface area (Å²) in [5.74, 6) is -0.136. The van der Waals surface area contributed by atoms with E-state index in [1.54, 1.807) is 25.3 Å². The van der Waals surface area contributed by atoms with E-state index in [1.165, 1.54) is 18.5 Å². The summed E-state index contributed by atoms with van der Waals surface area (Å²) in [7, 11) is 1.85. The molecule has 130 valence electrons. The smallest absolute Gasteiger partial charge is 0.322 e. The summed E-state index contributed by atoms with van der Waals surface area (Å²) in [6.07, 6.45) is 4.80. The topological polar surface area (TPSA) is 91.7 Å². The number of aryl methyl sites for hydroxylation is 2. The molecule has 0 spiro atoms. The summed E-state index contributed by atoms with van der Waals surface area (Å²) >= 11 is 0. The second-order valence-electron chi connectivity index (χ2n) is 5.84. The first-order valence-corrected chi connectivity index (χ1v) is 7.86. The van der Waals surface area contributed by atoms with E-state index in [1.807, 2.05) is 17.8 Å². The predicted molar refractivity (Wildman–Crippen MR) is 95.2 cm³/mol. The highest BCUT2D eigenvalue weighted by atomic mass is 19.1. The number of hydrogen-bond donors (Lipinski definition) is 1. The van der Waals surface area contributed by atoms with Crippen molar-refractivity contribution in [2.75, 3.05) is 5.73 Å². The Balaban J connectivity index is 1.75. The number of nitrogen functional groups attached to an aromatic ring is 1. The Bertz CT molecular complexity index is 1120. The van der Waals surface area contributed by atoms with Crippen molar-refractivity contribution in [1.29, 1.82) is 0 Å². The molecule has 0 bridgehead atoms. The molecular weight excluding hydrogens is 335 g/mol. The summed E-state index contributed by atoms with van der Waals surface area (Å²) in [4.78, 5) is 16.3. The van der Waals surface area contributed by atoms with Gasteiger partial charge in [-0.2, -0.15) is 0 Å². The van der Waals surface area contributed by atoms with Gasteiger partial charge in [-0.1, -0.05) is 6.07 Å². The molecule has 1 aromatic carbocycles. The van der Waals surface area contributed by atoms with Crippen LogP contribution >= 0.6 is 0 Å². The van der Waals surface area contributed by atoms with Gasteiger partial charge >= 0.3 is 6.01 Å². The van der Waals surface area contributed by atoms with Crippen LogP contribution < -0.4 is 10.5 Å². The van der Waals surface area contributed by atoms with Crippen LogP contribution in [0.1, 0.15) is 5.69 Å². The molecule has 3 heterocycles. The average Bonchev–Trinajstić information content (AvgIpc) is 2.95. The Morgan fingerprint density at radius 3 is 2.77 bits per heavy atom. The maximum absolute atomic E-state index is 14.6. The molecular formula is C18H15FN6O. The fraction of sp³-hybridized carbons (Fsp3) is 0.111. The zero-order valence-corrected chi connectivity index (χ0v) is 14.1.